The van der Waals surface area contributed by atoms with Crippen molar-refractivity contribution in [3.8, 4) is 0 Å². The molecule has 2 heterocycles. The van der Waals surface area contributed by atoms with Gasteiger partial charge in [0.05, 0.1) is 18.0 Å². The second kappa shape index (κ2) is 10.9. The molecule has 0 radical (unpaired) electrons. The smallest absolute Gasteiger partial charge is 0.309 e. The van der Waals surface area contributed by atoms with E-state index >= 15 is 0 Å². The second-order valence-electron chi connectivity index (χ2n) is 7.77. The quantitative estimate of drug-likeness (QED) is 0.609. The summed E-state index contributed by atoms with van der Waals surface area (Å²) >= 11 is 0. The third kappa shape index (κ3) is 6.28. The number of piperazine rings is 1. The molecule has 3 rings (SSSR count). The lowest BCUT2D eigenvalue weighted by Gasteiger charge is -2.39. The third-order valence-electron chi connectivity index (χ3n) is 5.33. The van der Waals surface area contributed by atoms with Crippen LogP contribution in [0.25, 0.3) is 0 Å². The van der Waals surface area contributed by atoms with E-state index in [0.29, 0.717) is 50.7 Å². The highest BCUT2D eigenvalue weighted by atomic mass is 19.1. The van der Waals surface area contributed by atoms with Gasteiger partial charge in [0.15, 0.2) is 0 Å². The van der Waals surface area contributed by atoms with Crippen LogP contribution in [0.2, 0.25) is 0 Å². The van der Waals surface area contributed by atoms with E-state index in [1.54, 1.807) is 24.5 Å². The van der Waals surface area contributed by atoms with Crippen LogP contribution in [0, 0.1) is 5.82 Å². The predicted octanol–water partition coefficient (Wildman–Crippen LogP) is 1.08. The molecule has 0 spiro atoms. The van der Waals surface area contributed by atoms with Gasteiger partial charge in [-0.15, -0.1) is 0 Å². The van der Waals surface area contributed by atoms with Gasteiger partial charge in [-0.25, -0.2) is 4.39 Å². The van der Waals surface area contributed by atoms with Crippen molar-refractivity contribution in [1.29, 1.82) is 0 Å². The van der Waals surface area contributed by atoms with Crippen molar-refractivity contribution in [3.63, 3.8) is 0 Å². The number of para-hydroxylation sites is 1. The molecule has 31 heavy (non-hydrogen) atoms. The Bertz CT molecular complexity index is 851. The number of rotatable bonds is 8. The van der Waals surface area contributed by atoms with Crippen molar-refractivity contribution < 1.29 is 18.4 Å². The van der Waals surface area contributed by atoms with Gasteiger partial charge < -0.3 is 24.9 Å². The highest BCUT2D eigenvalue weighted by molar-refractivity contribution is 6.35. The van der Waals surface area contributed by atoms with Gasteiger partial charge in [0, 0.05) is 45.8 Å². The van der Waals surface area contributed by atoms with E-state index in [4.69, 9.17) is 4.42 Å². The van der Waals surface area contributed by atoms with E-state index in [1.165, 1.54) is 6.07 Å². The minimum absolute atomic E-state index is 0.212. The standard InChI is InChI=1S/C22H30FN5O3/c1-26(2)10-9-24-21(29)22(30)25-16-19(20-8-5-15-31-20)28-13-11-27(12-14-28)18-7-4-3-6-17(18)23/h3-8,15,19H,9-14,16H2,1-2H3,(H,24,29)(H,25,30). The second-order valence-corrected chi connectivity index (χ2v) is 7.77. The van der Waals surface area contributed by atoms with E-state index in [2.05, 4.69) is 15.5 Å². The molecule has 2 amide bonds. The van der Waals surface area contributed by atoms with E-state index in [0.717, 1.165) is 0 Å². The third-order valence-corrected chi connectivity index (χ3v) is 5.33. The molecular weight excluding hydrogens is 401 g/mol. The van der Waals surface area contributed by atoms with Gasteiger partial charge in [-0.05, 0) is 38.4 Å². The summed E-state index contributed by atoms with van der Waals surface area (Å²) in [6.07, 6.45) is 1.59. The minimum atomic E-state index is -0.666. The Labute approximate surface area is 182 Å². The first-order valence-corrected chi connectivity index (χ1v) is 10.4. The molecule has 1 atom stereocenters. The van der Waals surface area contributed by atoms with Gasteiger partial charge in [0.25, 0.3) is 0 Å². The summed E-state index contributed by atoms with van der Waals surface area (Å²) in [4.78, 5) is 30.3. The van der Waals surface area contributed by atoms with Crippen molar-refractivity contribution in [2.45, 2.75) is 6.04 Å². The molecule has 1 aliphatic heterocycles. The largest absolute Gasteiger partial charge is 0.468 e. The van der Waals surface area contributed by atoms with Crippen molar-refractivity contribution in [1.82, 2.24) is 20.4 Å². The lowest BCUT2D eigenvalue weighted by Crippen LogP contribution is -2.51. The van der Waals surface area contributed by atoms with E-state index in [1.807, 2.05) is 36.0 Å². The number of amides is 2. The fraction of sp³-hybridized carbons (Fsp3) is 0.455. The average molecular weight is 432 g/mol. The summed E-state index contributed by atoms with van der Waals surface area (Å²) in [5.41, 5.74) is 0.597. The summed E-state index contributed by atoms with van der Waals surface area (Å²) in [5, 5.41) is 5.33. The lowest BCUT2D eigenvalue weighted by atomic mass is 10.1. The molecule has 0 saturated carbocycles. The van der Waals surface area contributed by atoms with Crippen molar-refractivity contribution in [2.75, 3.05) is 64.8 Å². The maximum atomic E-state index is 14.1. The Morgan fingerprint density at radius 2 is 1.77 bits per heavy atom. The summed E-state index contributed by atoms with van der Waals surface area (Å²) < 4.78 is 19.7. The number of hydrogen-bond donors (Lipinski definition) is 2. The van der Waals surface area contributed by atoms with E-state index in [9.17, 15) is 14.0 Å². The van der Waals surface area contributed by atoms with Gasteiger partial charge >= 0.3 is 11.8 Å². The maximum Gasteiger partial charge on any atom is 0.309 e. The molecule has 168 valence electrons. The molecule has 1 aromatic carbocycles. The average Bonchev–Trinajstić information content (AvgIpc) is 3.29. The highest BCUT2D eigenvalue weighted by Gasteiger charge is 2.28. The molecule has 8 nitrogen and oxygen atoms in total. The van der Waals surface area contributed by atoms with E-state index < -0.39 is 11.8 Å². The van der Waals surface area contributed by atoms with Crippen molar-refractivity contribution >= 4 is 17.5 Å². The fourth-order valence-electron chi connectivity index (χ4n) is 3.62. The summed E-state index contributed by atoms with van der Waals surface area (Å²) in [7, 11) is 3.79. The Kier molecular flexibility index (Phi) is 8.02. The normalized spacial score (nSPS) is 15.7. The molecule has 1 aromatic heterocycles. The molecule has 0 aliphatic carbocycles. The first kappa shape index (κ1) is 22.8. The van der Waals surface area contributed by atoms with Gasteiger partial charge in [-0.3, -0.25) is 14.5 Å². The number of likely N-dealkylation sites (N-methyl/N-ethyl adjacent to an activating group) is 1. The van der Waals surface area contributed by atoms with Gasteiger partial charge in [0.2, 0.25) is 0 Å². The highest BCUT2D eigenvalue weighted by Crippen LogP contribution is 2.25. The van der Waals surface area contributed by atoms with Crippen LogP contribution in [0.4, 0.5) is 10.1 Å². The number of furan rings is 1. The SMILES string of the molecule is CN(C)CCNC(=O)C(=O)NCC(c1ccco1)N1CCN(c2ccccc2F)CC1. The van der Waals surface area contributed by atoms with Gasteiger partial charge in [0.1, 0.15) is 11.6 Å². The number of halogens is 1. The lowest BCUT2D eigenvalue weighted by molar-refractivity contribution is -0.139. The maximum absolute atomic E-state index is 14.1. The molecule has 2 N–H and O–H groups in total. The van der Waals surface area contributed by atoms with Gasteiger partial charge in [-0.2, -0.15) is 0 Å². The predicted molar refractivity (Wildman–Crippen MR) is 116 cm³/mol. The van der Waals surface area contributed by atoms with Crippen LogP contribution in [0.5, 0.6) is 0 Å². The zero-order chi connectivity index (χ0) is 22.2. The Balaban J connectivity index is 1.56. The number of anilines is 1. The number of benzene rings is 1. The molecule has 1 saturated heterocycles. The molecular formula is C22H30FN5O3. The van der Waals surface area contributed by atoms with Crippen LogP contribution in [0.1, 0.15) is 11.8 Å². The topological polar surface area (TPSA) is 81.1 Å². The summed E-state index contributed by atoms with van der Waals surface area (Å²) in [5.74, 6) is -0.830. The van der Waals surface area contributed by atoms with Crippen LogP contribution in [-0.2, 0) is 9.59 Å². The van der Waals surface area contributed by atoms with Crippen molar-refractivity contribution in [2.24, 2.45) is 0 Å². The zero-order valence-corrected chi connectivity index (χ0v) is 18.0. The summed E-state index contributed by atoms with van der Waals surface area (Å²) in [6.45, 7) is 3.94. The Morgan fingerprint density at radius 3 is 2.42 bits per heavy atom. The first-order chi connectivity index (χ1) is 15.0. The van der Waals surface area contributed by atoms with Crippen LogP contribution >= 0.6 is 0 Å². The molecule has 9 heteroatoms. The molecule has 1 aliphatic rings. The molecule has 2 aromatic rings. The number of hydrogen-bond acceptors (Lipinski definition) is 6. The number of carbonyl (C=O) groups excluding carboxylic acids is 2. The van der Waals surface area contributed by atoms with Gasteiger partial charge in [-0.1, -0.05) is 12.1 Å². The number of carbonyl (C=O) groups is 2. The van der Waals surface area contributed by atoms with Crippen LogP contribution in [0.15, 0.2) is 47.1 Å². The molecule has 0 bridgehead atoms. The first-order valence-electron chi connectivity index (χ1n) is 10.4. The Morgan fingerprint density at radius 1 is 1.06 bits per heavy atom. The monoisotopic (exact) mass is 431 g/mol. The Hall–Kier alpha value is -2.91. The van der Waals surface area contributed by atoms with Crippen LogP contribution in [0.3, 0.4) is 0 Å². The number of nitrogens with zero attached hydrogens (tertiary/aromatic N) is 3. The molecule has 1 unspecified atom stereocenters. The zero-order valence-electron chi connectivity index (χ0n) is 18.0. The minimum Gasteiger partial charge on any atom is -0.468 e. The van der Waals surface area contributed by atoms with Crippen LogP contribution < -0.4 is 15.5 Å². The number of nitrogens with one attached hydrogen (secondary N) is 2. The van der Waals surface area contributed by atoms with Crippen LogP contribution in [-0.4, -0.2) is 81.5 Å². The van der Waals surface area contributed by atoms with E-state index in [-0.39, 0.29) is 18.4 Å². The fourth-order valence-corrected chi connectivity index (χ4v) is 3.62. The summed E-state index contributed by atoms with van der Waals surface area (Å²) in [6, 6.07) is 10.2. The molecule has 1 fully saturated rings. The van der Waals surface area contributed by atoms with Crippen molar-refractivity contribution in [3.05, 3.63) is 54.2 Å².